The second-order valence-electron chi connectivity index (χ2n) is 6.52. The molecule has 2 heterocycles. The predicted molar refractivity (Wildman–Crippen MR) is 116 cm³/mol. The van der Waals surface area contributed by atoms with Crippen LogP contribution in [0, 0.1) is 6.92 Å². The van der Waals surface area contributed by atoms with Crippen LogP contribution < -0.4 is 24.4 Å². The van der Waals surface area contributed by atoms with E-state index in [1.54, 1.807) is 37.3 Å². The minimum atomic E-state index is -0.596. The number of hydrogen-bond donors (Lipinski definition) is 1. The number of rotatable bonds is 4. The van der Waals surface area contributed by atoms with Gasteiger partial charge in [0, 0.05) is 16.7 Å². The molecule has 2 aliphatic rings. The molecule has 1 N–H and O–H groups in total. The van der Waals surface area contributed by atoms with Gasteiger partial charge < -0.3 is 14.2 Å². The van der Waals surface area contributed by atoms with E-state index in [1.807, 2.05) is 6.92 Å². The van der Waals surface area contributed by atoms with Crippen molar-refractivity contribution in [1.29, 1.82) is 0 Å². The lowest BCUT2D eigenvalue weighted by Gasteiger charge is -2.30. The minimum Gasteiger partial charge on any atom is -0.493 e. The molecule has 1 fully saturated rings. The first kappa shape index (κ1) is 20.2. The average molecular weight is 445 g/mol. The van der Waals surface area contributed by atoms with Crippen molar-refractivity contribution in [3.8, 4) is 17.2 Å². The van der Waals surface area contributed by atoms with E-state index < -0.39 is 11.8 Å². The lowest BCUT2D eigenvalue weighted by atomic mass is 10.0. The summed E-state index contributed by atoms with van der Waals surface area (Å²) in [6.07, 6.45) is 1.46. The topological polar surface area (TPSA) is 77.1 Å². The summed E-state index contributed by atoms with van der Waals surface area (Å²) in [4.78, 5) is 27.2. The second-order valence-corrected chi connectivity index (χ2v) is 7.31. The third-order valence-electron chi connectivity index (χ3n) is 4.69. The highest BCUT2D eigenvalue weighted by molar-refractivity contribution is 7.80. The van der Waals surface area contributed by atoms with E-state index in [9.17, 15) is 9.59 Å². The van der Waals surface area contributed by atoms with Crippen LogP contribution in [-0.4, -0.2) is 30.3 Å². The molecule has 154 valence electrons. The number of carbonyl (C=O) groups excluding carboxylic acids is 2. The Morgan fingerprint density at radius 2 is 2.00 bits per heavy atom. The van der Waals surface area contributed by atoms with Crippen molar-refractivity contribution in [3.63, 3.8) is 0 Å². The van der Waals surface area contributed by atoms with E-state index >= 15 is 0 Å². The van der Waals surface area contributed by atoms with Crippen molar-refractivity contribution < 1.29 is 23.8 Å². The fourth-order valence-corrected chi connectivity index (χ4v) is 3.65. The molecule has 4 rings (SSSR count). The Balaban J connectivity index is 1.80. The maximum atomic E-state index is 13.3. The molecule has 0 radical (unpaired) electrons. The van der Waals surface area contributed by atoms with E-state index in [0.717, 1.165) is 0 Å². The lowest BCUT2D eigenvalue weighted by Crippen LogP contribution is -2.54. The summed E-state index contributed by atoms with van der Waals surface area (Å²) in [5, 5.41) is 3.04. The molecule has 0 spiro atoms. The summed E-state index contributed by atoms with van der Waals surface area (Å²) < 4.78 is 16.5. The van der Waals surface area contributed by atoms with Crippen molar-refractivity contribution in [2.45, 2.75) is 13.8 Å². The summed E-state index contributed by atoms with van der Waals surface area (Å²) in [6.45, 7) is 4.10. The highest BCUT2D eigenvalue weighted by atomic mass is 35.5. The highest BCUT2D eigenvalue weighted by Crippen LogP contribution is 2.39. The van der Waals surface area contributed by atoms with Gasteiger partial charge in [0.1, 0.15) is 11.3 Å². The van der Waals surface area contributed by atoms with Crippen LogP contribution >= 0.6 is 23.8 Å². The molecule has 1 saturated heterocycles. The smallest absolute Gasteiger partial charge is 0.270 e. The number of thiocarbonyl (C=S) groups is 1. The van der Waals surface area contributed by atoms with Gasteiger partial charge in [0.05, 0.1) is 12.3 Å². The number of fused-ring (bicyclic) bond motifs is 1. The number of nitrogens with one attached hydrogen (secondary N) is 1. The lowest BCUT2D eigenvalue weighted by molar-refractivity contribution is -0.122. The first-order valence-corrected chi connectivity index (χ1v) is 9.92. The molecule has 0 unspecified atom stereocenters. The van der Waals surface area contributed by atoms with Gasteiger partial charge in [0.15, 0.2) is 16.6 Å². The fraction of sp³-hybridized carbons (Fsp3) is 0.190. The standard InChI is InChI=1S/C21H17ClN2O5S/c1-3-27-16-9-18-17(28-10-29-18)8-12(16)7-13-19(25)23-21(30)24(20(13)26)15-6-4-5-14(22)11(15)2/h4-9H,3,10H2,1-2H3,(H,23,25,30)/b13-7-. The summed E-state index contributed by atoms with van der Waals surface area (Å²) in [6, 6.07) is 8.49. The Hall–Kier alpha value is -3.10. The van der Waals surface area contributed by atoms with Crippen LogP contribution in [0.4, 0.5) is 5.69 Å². The number of anilines is 1. The maximum Gasteiger partial charge on any atom is 0.270 e. The fourth-order valence-electron chi connectivity index (χ4n) is 3.20. The van der Waals surface area contributed by atoms with Gasteiger partial charge in [-0.1, -0.05) is 17.7 Å². The van der Waals surface area contributed by atoms with Crippen LogP contribution in [0.15, 0.2) is 35.9 Å². The van der Waals surface area contributed by atoms with Crippen molar-refractivity contribution in [3.05, 3.63) is 52.1 Å². The largest absolute Gasteiger partial charge is 0.493 e. The summed E-state index contributed by atoms with van der Waals surface area (Å²) >= 11 is 11.5. The molecule has 30 heavy (non-hydrogen) atoms. The normalized spacial score (nSPS) is 16.8. The highest BCUT2D eigenvalue weighted by Gasteiger charge is 2.35. The average Bonchev–Trinajstić information content (AvgIpc) is 3.15. The molecule has 9 heteroatoms. The molecule has 2 amide bonds. The zero-order valence-corrected chi connectivity index (χ0v) is 17.7. The number of nitrogens with zero attached hydrogens (tertiary/aromatic N) is 1. The molecule has 0 atom stereocenters. The Morgan fingerprint density at radius 1 is 1.27 bits per heavy atom. The van der Waals surface area contributed by atoms with Crippen LogP contribution in [0.25, 0.3) is 6.08 Å². The van der Waals surface area contributed by atoms with Gasteiger partial charge in [-0.15, -0.1) is 0 Å². The first-order valence-electron chi connectivity index (χ1n) is 9.13. The van der Waals surface area contributed by atoms with Gasteiger partial charge in [0.25, 0.3) is 11.8 Å². The van der Waals surface area contributed by atoms with Gasteiger partial charge in [-0.3, -0.25) is 19.8 Å². The Labute approximate surface area is 183 Å². The number of benzene rings is 2. The van der Waals surface area contributed by atoms with Gasteiger partial charge >= 0.3 is 0 Å². The Kier molecular flexibility index (Phi) is 5.36. The zero-order valence-electron chi connectivity index (χ0n) is 16.2. The Morgan fingerprint density at radius 3 is 2.73 bits per heavy atom. The molecular weight excluding hydrogens is 428 g/mol. The van der Waals surface area contributed by atoms with Gasteiger partial charge in [-0.05, 0) is 55.9 Å². The maximum absolute atomic E-state index is 13.3. The molecule has 2 aromatic carbocycles. The summed E-state index contributed by atoms with van der Waals surface area (Å²) in [7, 11) is 0. The van der Waals surface area contributed by atoms with Crippen molar-refractivity contribution >= 4 is 52.5 Å². The molecule has 2 aromatic rings. The molecule has 0 aromatic heterocycles. The second kappa shape index (κ2) is 7.97. The van der Waals surface area contributed by atoms with E-state index in [1.165, 1.54) is 11.0 Å². The SMILES string of the molecule is CCOc1cc2c(cc1/C=C1/C(=O)NC(=S)N(c3cccc(Cl)c3C)C1=O)OCO2. The quantitative estimate of drug-likeness (QED) is 0.441. The van der Waals surface area contributed by atoms with Crippen molar-refractivity contribution in [1.82, 2.24) is 5.32 Å². The van der Waals surface area contributed by atoms with Gasteiger partial charge in [-0.25, -0.2) is 0 Å². The summed E-state index contributed by atoms with van der Waals surface area (Å²) in [5.41, 5.74) is 1.58. The van der Waals surface area contributed by atoms with Crippen LogP contribution in [0.2, 0.25) is 5.02 Å². The van der Waals surface area contributed by atoms with Crippen molar-refractivity contribution in [2.75, 3.05) is 18.3 Å². The predicted octanol–water partition coefficient (Wildman–Crippen LogP) is 3.61. The van der Waals surface area contributed by atoms with E-state index in [4.69, 9.17) is 38.0 Å². The third-order valence-corrected chi connectivity index (χ3v) is 5.38. The molecular formula is C21H17ClN2O5S. The van der Waals surface area contributed by atoms with E-state index in [-0.39, 0.29) is 17.5 Å². The molecule has 2 aliphatic heterocycles. The van der Waals surface area contributed by atoms with Crippen LogP contribution in [0.1, 0.15) is 18.1 Å². The summed E-state index contributed by atoms with van der Waals surface area (Å²) in [5.74, 6) is 0.355. The number of hydrogen-bond acceptors (Lipinski definition) is 6. The number of carbonyl (C=O) groups is 2. The van der Waals surface area contributed by atoms with Gasteiger partial charge in [-0.2, -0.15) is 0 Å². The van der Waals surface area contributed by atoms with Crippen LogP contribution in [0.3, 0.4) is 0 Å². The molecule has 0 bridgehead atoms. The molecule has 7 nitrogen and oxygen atoms in total. The number of halogens is 1. The monoisotopic (exact) mass is 444 g/mol. The van der Waals surface area contributed by atoms with Crippen LogP contribution in [0.5, 0.6) is 17.2 Å². The Bertz CT molecular complexity index is 1110. The minimum absolute atomic E-state index is 0.0109. The zero-order chi connectivity index (χ0) is 21.4. The van der Waals surface area contributed by atoms with E-state index in [0.29, 0.717) is 45.7 Å². The van der Waals surface area contributed by atoms with Crippen molar-refractivity contribution in [2.24, 2.45) is 0 Å². The van der Waals surface area contributed by atoms with Gasteiger partial charge in [0.2, 0.25) is 6.79 Å². The number of ether oxygens (including phenoxy) is 3. The van der Waals surface area contributed by atoms with E-state index in [2.05, 4.69) is 5.32 Å². The molecule has 0 aliphatic carbocycles. The number of amides is 2. The molecule has 0 saturated carbocycles. The third kappa shape index (κ3) is 3.48. The first-order chi connectivity index (χ1) is 14.4. The van der Waals surface area contributed by atoms with Crippen LogP contribution in [-0.2, 0) is 9.59 Å².